The molecule has 0 bridgehead atoms. The Hall–Kier alpha value is -2.12. The van der Waals surface area contributed by atoms with E-state index in [1.54, 1.807) is 19.2 Å². The lowest BCUT2D eigenvalue weighted by molar-refractivity contribution is -0.110. The summed E-state index contributed by atoms with van der Waals surface area (Å²) in [7, 11) is 0. The maximum Gasteiger partial charge on any atom is 0.252 e. The Bertz CT molecular complexity index is 615. The molecule has 0 amide bonds. The third kappa shape index (κ3) is 2.13. The van der Waals surface area contributed by atoms with Crippen LogP contribution in [0.1, 0.15) is 24.6 Å². The molecule has 6 nitrogen and oxygen atoms in total. The van der Waals surface area contributed by atoms with Gasteiger partial charge in [-0.15, -0.1) is 10.2 Å². The van der Waals surface area contributed by atoms with Gasteiger partial charge in [-0.25, -0.2) is 8.78 Å². The van der Waals surface area contributed by atoms with Crippen LogP contribution in [0.25, 0.3) is 11.4 Å². The van der Waals surface area contributed by atoms with Crippen molar-refractivity contribution >= 4 is 5.69 Å². The summed E-state index contributed by atoms with van der Waals surface area (Å²) in [4.78, 5) is 5.34. The van der Waals surface area contributed by atoms with Crippen molar-refractivity contribution in [1.29, 1.82) is 0 Å². The van der Waals surface area contributed by atoms with Crippen molar-refractivity contribution < 1.29 is 8.78 Å². The maximum absolute atomic E-state index is 12.8. The molecule has 8 heteroatoms. The van der Waals surface area contributed by atoms with Crippen LogP contribution in [0.5, 0.6) is 0 Å². The number of halogens is 2. The summed E-state index contributed by atoms with van der Waals surface area (Å²) >= 11 is 0. The zero-order chi connectivity index (χ0) is 13.6. The van der Waals surface area contributed by atoms with Crippen LogP contribution < -0.4 is 5.73 Å². The number of pyridine rings is 1. The first kappa shape index (κ1) is 11.9. The molecule has 0 spiro atoms. The normalized spacial score (nSPS) is 18.3. The van der Waals surface area contributed by atoms with E-state index in [4.69, 9.17) is 5.73 Å². The number of rotatable bonds is 2. The molecule has 19 heavy (non-hydrogen) atoms. The monoisotopic (exact) mass is 266 g/mol. The average Bonchev–Trinajstić information content (AvgIpc) is 2.78. The predicted molar refractivity (Wildman–Crippen MR) is 63.4 cm³/mol. The van der Waals surface area contributed by atoms with Crippen LogP contribution in [0.3, 0.4) is 0 Å². The van der Waals surface area contributed by atoms with E-state index in [1.807, 2.05) is 0 Å². The van der Waals surface area contributed by atoms with Crippen molar-refractivity contribution in [3.05, 3.63) is 18.0 Å². The second-order valence-corrected chi connectivity index (χ2v) is 4.75. The lowest BCUT2D eigenvalue weighted by Crippen LogP contribution is -2.38. The molecular weight excluding hydrogens is 254 g/mol. The highest BCUT2D eigenvalue weighted by atomic mass is 19.3. The van der Waals surface area contributed by atoms with Crippen molar-refractivity contribution in [3.63, 3.8) is 0 Å². The maximum atomic E-state index is 12.8. The van der Waals surface area contributed by atoms with Crippen LogP contribution in [0, 0.1) is 6.92 Å². The van der Waals surface area contributed by atoms with Crippen LogP contribution in [-0.2, 0) is 0 Å². The molecule has 0 aliphatic heterocycles. The largest absolute Gasteiger partial charge is 0.397 e. The number of tetrazole rings is 1. The van der Waals surface area contributed by atoms with Gasteiger partial charge in [-0.05, 0) is 18.2 Å². The number of aryl methyl sites for hydroxylation is 1. The number of aromatic nitrogens is 5. The Kier molecular flexibility index (Phi) is 2.48. The van der Waals surface area contributed by atoms with Crippen LogP contribution in [-0.4, -0.2) is 31.1 Å². The molecule has 0 unspecified atom stereocenters. The van der Waals surface area contributed by atoms with Crippen LogP contribution in [0.2, 0.25) is 0 Å². The van der Waals surface area contributed by atoms with Gasteiger partial charge in [0.15, 0.2) is 0 Å². The third-order valence-corrected chi connectivity index (χ3v) is 3.21. The van der Waals surface area contributed by atoms with Crippen LogP contribution in [0.15, 0.2) is 12.3 Å². The summed E-state index contributed by atoms with van der Waals surface area (Å²) in [6.07, 6.45) is 1.11. The molecule has 2 N–H and O–H groups in total. The van der Waals surface area contributed by atoms with E-state index in [-0.39, 0.29) is 18.9 Å². The Balaban J connectivity index is 1.83. The van der Waals surface area contributed by atoms with Crippen molar-refractivity contribution in [2.24, 2.45) is 0 Å². The number of hydrogen-bond acceptors (Lipinski definition) is 5. The van der Waals surface area contributed by atoms with Crippen molar-refractivity contribution in [2.45, 2.75) is 31.7 Å². The number of nitrogens with zero attached hydrogens (tertiary/aromatic N) is 5. The predicted octanol–water partition coefficient (Wildman–Crippen LogP) is 1.60. The topological polar surface area (TPSA) is 82.5 Å². The lowest BCUT2D eigenvalue weighted by Gasteiger charge is -2.33. The number of anilines is 1. The molecule has 3 rings (SSSR count). The summed E-state index contributed by atoms with van der Waals surface area (Å²) in [6.45, 7) is 1.79. The van der Waals surface area contributed by atoms with Gasteiger partial charge in [-0.3, -0.25) is 4.98 Å². The summed E-state index contributed by atoms with van der Waals surface area (Å²) in [6, 6.07) is 1.31. The van der Waals surface area contributed by atoms with Gasteiger partial charge in [-0.2, -0.15) is 4.80 Å². The lowest BCUT2D eigenvalue weighted by atomic mass is 9.89. The number of alkyl halides is 2. The van der Waals surface area contributed by atoms with Crippen molar-refractivity contribution in [1.82, 2.24) is 25.2 Å². The molecule has 1 aliphatic rings. The highest BCUT2D eigenvalue weighted by molar-refractivity contribution is 5.60. The van der Waals surface area contributed by atoms with Crippen molar-refractivity contribution in [3.8, 4) is 11.4 Å². The highest BCUT2D eigenvalue weighted by Gasteiger charge is 2.47. The van der Waals surface area contributed by atoms with Gasteiger partial charge < -0.3 is 5.73 Å². The molecule has 1 aliphatic carbocycles. The summed E-state index contributed by atoms with van der Waals surface area (Å²) in [5, 5.41) is 11.8. The fourth-order valence-corrected chi connectivity index (χ4v) is 1.96. The van der Waals surface area contributed by atoms with E-state index in [9.17, 15) is 8.78 Å². The van der Waals surface area contributed by atoms with Gasteiger partial charge >= 0.3 is 0 Å². The number of nitrogen functional groups attached to an aromatic ring is 1. The molecule has 1 saturated carbocycles. The standard InChI is InChI=1S/C11H12F2N6/c1-6-9(14)2-7(5-15-6)10-16-18-19(17-10)8-3-11(12,13)4-8/h2,5,8H,3-4,14H2,1H3. The van der Waals surface area contributed by atoms with E-state index < -0.39 is 5.92 Å². The molecule has 0 radical (unpaired) electrons. The molecule has 100 valence electrons. The van der Waals surface area contributed by atoms with Crippen LogP contribution >= 0.6 is 0 Å². The molecular formula is C11H12F2N6. The first-order valence-electron chi connectivity index (χ1n) is 5.84. The first-order valence-corrected chi connectivity index (χ1v) is 5.84. The molecule has 2 aromatic heterocycles. The Morgan fingerprint density at radius 3 is 2.79 bits per heavy atom. The van der Waals surface area contributed by atoms with E-state index in [0.717, 1.165) is 5.69 Å². The number of hydrogen-bond donors (Lipinski definition) is 1. The minimum Gasteiger partial charge on any atom is -0.397 e. The molecule has 2 heterocycles. The summed E-state index contributed by atoms with van der Waals surface area (Å²) < 4.78 is 25.6. The van der Waals surface area contributed by atoms with Gasteiger partial charge in [0.2, 0.25) is 5.82 Å². The van der Waals surface area contributed by atoms with Crippen molar-refractivity contribution in [2.75, 3.05) is 5.73 Å². The fraction of sp³-hybridized carbons (Fsp3) is 0.455. The van der Waals surface area contributed by atoms with Gasteiger partial charge in [0.25, 0.3) is 5.92 Å². The van der Waals surface area contributed by atoms with E-state index in [1.165, 1.54) is 4.80 Å². The first-order chi connectivity index (χ1) is 8.94. The molecule has 0 atom stereocenters. The second kappa shape index (κ2) is 3.94. The quantitative estimate of drug-likeness (QED) is 0.892. The average molecular weight is 266 g/mol. The van der Waals surface area contributed by atoms with Gasteiger partial charge in [-0.1, -0.05) is 0 Å². The minimum atomic E-state index is -2.60. The highest BCUT2D eigenvalue weighted by Crippen LogP contribution is 2.44. The van der Waals surface area contributed by atoms with E-state index in [0.29, 0.717) is 17.1 Å². The van der Waals surface area contributed by atoms with E-state index in [2.05, 4.69) is 20.4 Å². The van der Waals surface area contributed by atoms with Crippen LogP contribution in [0.4, 0.5) is 14.5 Å². The molecule has 2 aromatic rings. The van der Waals surface area contributed by atoms with Gasteiger partial charge in [0, 0.05) is 24.6 Å². The Morgan fingerprint density at radius 2 is 2.16 bits per heavy atom. The third-order valence-electron chi connectivity index (χ3n) is 3.21. The summed E-state index contributed by atoms with van der Waals surface area (Å²) in [5.41, 5.74) is 7.63. The molecule has 0 saturated heterocycles. The second-order valence-electron chi connectivity index (χ2n) is 4.75. The molecule has 1 fully saturated rings. The molecule has 0 aromatic carbocycles. The van der Waals surface area contributed by atoms with E-state index >= 15 is 0 Å². The SMILES string of the molecule is Cc1ncc(-c2nnn(C3CC(F)(F)C3)n2)cc1N. The number of nitrogens with two attached hydrogens (primary N) is 1. The zero-order valence-electron chi connectivity index (χ0n) is 10.2. The fourth-order valence-electron chi connectivity index (χ4n) is 1.96. The minimum absolute atomic E-state index is 0.239. The summed E-state index contributed by atoms with van der Waals surface area (Å²) in [5.74, 6) is -2.26. The van der Waals surface area contributed by atoms with Gasteiger partial charge in [0.1, 0.15) is 0 Å². The zero-order valence-corrected chi connectivity index (χ0v) is 10.2. The Labute approximate surface area is 107 Å². The van der Waals surface area contributed by atoms with Gasteiger partial charge in [0.05, 0.1) is 17.4 Å². The Morgan fingerprint density at radius 1 is 1.42 bits per heavy atom. The smallest absolute Gasteiger partial charge is 0.252 e.